The molecule has 0 aliphatic rings. The van der Waals surface area contributed by atoms with Crippen LogP contribution in [0.4, 0.5) is 36.3 Å². The van der Waals surface area contributed by atoms with Gasteiger partial charge in [0.2, 0.25) is 5.95 Å². The first kappa shape index (κ1) is 22.5. The monoisotopic (exact) mass is 471 g/mol. The van der Waals surface area contributed by atoms with Crippen LogP contribution in [0.2, 0.25) is 0 Å². The number of benzene rings is 3. The van der Waals surface area contributed by atoms with Crippen LogP contribution in [0.25, 0.3) is 10.9 Å². The van der Waals surface area contributed by atoms with Crippen molar-refractivity contribution in [1.82, 2.24) is 9.97 Å². The Hall–Kier alpha value is -3.66. The summed E-state index contributed by atoms with van der Waals surface area (Å²) in [4.78, 5) is 11.4. The van der Waals surface area contributed by atoms with E-state index >= 15 is 0 Å². The van der Waals surface area contributed by atoms with E-state index in [1.807, 2.05) is 55.4 Å². The van der Waals surface area contributed by atoms with Crippen molar-refractivity contribution in [3.63, 3.8) is 0 Å². The first-order valence-electron chi connectivity index (χ1n) is 9.87. The Labute approximate surface area is 192 Å². The van der Waals surface area contributed by atoms with Gasteiger partial charge < -0.3 is 19.7 Å². The Balaban J connectivity index is 1.46. The number of hydrogen-bond acceptors (Lipinski definition) is 7. The van der Waals surface area contributed by atoms with E-state index in [1.165, 1.54) is 12.1 Å². The molecule has 0 aliphatic heterocycles. The van der Waals surface area contributed by atoms with Crippen molar-refractivity contribution in [1.29, 1.82) is 0 Å². The van der Waals surface area contributed by atoms with Crippen molar-refractivity contribution in [2.24, 2.45) is 0 Å². The number of nitrogens with zero attached hydrogens (tertiary/aromatic N) is 3. The van der Waals surface area contributed by atoms with Gasteiger partial charge in [-0.3, -0.25) is 0 Å². The summed E-state index contributed by atoms with van der Waals surface area (Å²) in [6.07, 6.45) is -4.75. The van der Waals surface area contributed by atoms with Gasteiger partial charge in [0.25, 0.3) is 0 Å². The predicted octanol–water partition coefficient (Wildman–Crippen LogP) is 6.46. The smallest absolute Gasteiger partial charge is 0.405 e. The van der Waals surface area contributed by atoms with Crippen molar-refractivity contribution < 1.29 is 17.9 Å². The van der Waals surface area contributed by atoms with Gasteiger partial charge >= 0.3 is 6.36 Å². The van der Waals surface area contributed by atoms with E-state index in [-0.39, 0.29) is 5.75 Å². The maximum Gasteiger partial charge on any atom is 0.573 e. The fourth-order valence-corrected chi connectivity index (χ4v) is 3.79. The minimum atomic E-state index is -4.75. The lowest BCUT2D eigenvalue weighted by Gasteiger charge is -2.16. The van der Waals surface area contributed by atoms with Crippen LogP contribution in [-0.4, -0.2) is 30.4 Å². The van der Waals surface area contributed by atoms with Crippen LogP contribution in [0.3, 0.4) is 0 Å². The van der Waals surface area contributed by atoms with Crippen LogP contribution in [-0.2, 0) is 0 Å². The summed E-state index contributed by atoms with van der Waals surface area (Å²) in [6.45, 7) is 0. The lowest BCUT2D eigenvalue weighted by atomic mass is 10.2. The SMILES string of the molecule is CN(C)c1nc(Nc2ccc(NSc3ccccc3OC(F)(F)F)cc2)nc2ccccc12. The zero-order valence-electron chi connectivity index (χ0n) is 17.7. The van der Waals surface area contributed by atoms with Crippen molar-refractivity contribution in [2.45, 2.75) is 11.3 Å². The zero-order valence-corrected chi connectivity index (χ0v) is 18.5. The molecule has 0 fully saturated rings. The molecule has 0 saturated heterocycles. The molecule has 3 aromatic carbocycles. The second-order valence-corrected chi connectivity index (χ2v) is 8.03. The normalized spacial score (nSPS) is 11.3. The largest absolute Gasteiger partial charge is 0.573 e. The third-order valence-electron chi connectivity index (χ3n) is 4.50. The molecule has 6 nitrogen and oxygen atoms in total. The standard InChI is InChI=1S/C23H20F3N5OS/c1-31(2)21-17-7-3-4-8-18(17)28-22(29-21)27-15-11-13-16(14-12-15)30-33-20-10-6-5-9-19(20)32-23(24,25)26/h3-14,30H,1-2H3,(H,27,28,29). The fraction of sp³-hybridized carbons (Fsp3) is 0.130. The number of anilines is 4. The van der Waals surface area contributed by atoms with Gasteiger partial charge in [0.05, 0.1) is 10.4 Å². The predicted molar refractivity (Wildman–Crippen MR) is 126 cm³/mol. The first-order valence-corrected chi connectivity index (χ1v) is 10.7. The van der Waals surface area contributed by atoms with Crippen LogP contribution < -0.4 is 19.7 Å². The summed E-state index contributed by atoms with van der Waals surface area (Å²) in [5.74, 6) is 1.01. The van der Waals surface area contributed by atoms with Gasteiger partial charge in [0, 0.05) is 30.9 Å². The van der Waals surface area contributed by atoms with Crippen LogP contribution >= 0.6 is 11.9 Å². The Bertz CT molecular complexity index is 1250. The highest BCUT2D eigenvalue weighted by molar-refractivity contribution is 8.00. The maximum absolute atomic E-state index is 12.6. The van der Waals surface area contributed by atoms with Crippen LogP contribution in [0.15, 0.2) is 77.7 Å². The molecule has 0 radical (unpaired) electrons. The Morgan fingerprint density at radius 1 is 0.848 bits per heavy atom. The number of halogens is 3. The van der Waals surface area contributed by atoms with Gasteiger partial charge in [0.15, 0.2) is 0 Å². The van der Waals surface area contributed by atoms with Gasteiger partial charge in [-0.2, -0.15) is 4.98 Å². The molecule has 4 aromatic rings. The van der Waals surface area contributed by atoms with Crippen molar-refractivity contribution in [3.05, 3.63) is 72.8 Å². The molecule has 10 heteroatoms. The lowest BCUT2D eigenvalue weighted by Crippen LogP contribution is -2.17. The third kappa shape index (κ3) is 5.78. The van der Waals surface area contributed by atoms with Crippen LogP contribution in [0.5, 0.6) is 5.75 Å². The second-order valence-electron chi connectivity index (χ2n) is 7.18. The molecule has 0 amide bonds. The molecule has 0 saturated carbocycles. The molecule has 0 aliphatic carbocycles. The number of fused-ring (bicyclic) bond motifs is 1. The van der Waals surface area contributed by atoms with E-state index in [0.717, 1.165) is 34.4 Å². The highest BCUT2D eigenvalue weighted by Crippen LogP contribution is 2.34. The molecule has 4 rings (SSSR count). The van der Waals surface area contributed by atoms with Gasteiger partial charge in [-0.1, -0.05) is 24.3 Å². The second kappa shape index (κ2) is 9.45. The quantitative estimate of drug-likeness (QED) is 0.300. The molecule has 0 atom stereocenters. The number of hydrogen-bond donors (Lipinski definition) is 2. The van der Waals surface area contributed by atoms with Crippen molar-refractivity contribution in [3.8, 4) is 5.75 Å². The van der Waals surface area contributed by atoms with Crippen molar-refractivity contribution in [2.75, 3.05) is 29.0 Å². The number of aromatic nitrogens is 2. The van der Waals surface area contributed by atoms with Crippen molar-refractivity contribution >= 4 is 46.0 Å². The molecule has 0 unspecified atom stereocenters. The molecule has 0 bridgehead atoms. The topological polar surface area (TPSA) is 62.3 Å². The first-order chi connectivity index (χ1) is 15.8. The minimum absolute atomic E-state index is 0.258. The maximum atomic E-state index is 12.6. The molecule has 0 spiro atoms. The van der Waals surface area contributed by atoms with E-state index in [9.17, 15) is 13.2 Å². The average Bonchev–Trinajstić information content (AvgIpc) is 2.78. The van der Waals surface area contributed by atoms with E-state index in [1.54, 1.807) is 24.3 Å². The van der Waals surface area contributed by atoms with Gasteiger partial charge in [-0.15, -0.1) is 13.2 Å². The molecule has 1 heterocycles. The summed E-state index contributed by atoms with van der Waals surface area (Å²) >= 11 is 1.03. The van der Waals surface area contributed by atoms with Crippen LogP contribution in [0.1, 0.15) is 0 Å². The lowest BCUT2D eigenvalue weighted by molar-refractivity contribution is -0.275. The summed E-state index contributed by atoms with van der Waals surface area (Å²) in [6, 6.07) is 21.0. The number of nitrogens with one attached hydrogen (secondary N) is 2. The van der Waals surface area contributed by atoms with E-state index in [0.29, 0.717) is 16.5 Å². The van der Waals surface area contributed by atoms with Gasteiger partial charge in [-0.25, -0.2) is 4.98 Å². The van der Waals surface area contributed by atoms with E-state index in [4.69, 9.17) is 0 Å². The highest BCUT2D eigenvalue weighted by atomic mass is 32.2. The molecular formula is C23H20F3N5OS. The van der Waals surface area contributed by atoms with Gasteiger partial charge in [-0.05, 0) is 60.5 Å². The Morgan fingerprint density at radius 2 is 1.52 bits per heavy atom. The van der Waals surface area contributed by atoms with Crippen LogP contribution in [0, 0.1) is 0 Å². The number of ether oxygens (including phenoxy) is 1. The van der Waals surface area contributed by atoms with E-state index < -0.39 is 6.36 Å². The summed E-state index contributed by atoms with van der Waals surface area (Å²) < 4.78 is 44.9. The fourth-order valence-electron chi connectivity index (χ4n) is 3.06. The number of alkyl halides is 3. The molecule has 1 aromatic heterocycles. The molecule has 170 valence electrons. The Morgan fingerprint density at radius 3 is 2.24 bits per heavy atom. The number of rotatable bonds is 7. The average molecular weight is 472 g/mol. The Kier molecular flexibility index (Phi) is 6.45. The summed E-state index contributed by atoms with van der Waals surface area (Å²) in [5.41, 5.74) is 2.31. The van der Waals surface area contributed by atoms with E-state index in [2.05, 4.69) is 24.7 Å². The minimum Gasteiger partial charge on any atom is -0.405 e. The molecule has 33 heavy (non-hydrogen) atoms. The third-order valence-corrected chi connectivity index (χ3v) is 5.40. The molecular weight excluding hydrogens is 451 g/mol. The highest BCUT2D eigenvalue weighted by Gasteiger charge is 2.32. The molecule has 2 N–H and O–H groups in total. The van der Waals surface area contributed by atoms with Gasteiger partial charge in [0.1, 0.15) is 11.6 Å². The summed E-state index contributed by atoms with van der Waals surface area (Å²) in [7, 11) is 3.85. The summed E-state index contributed by atoms with van der Waals surface area (Å²) in [5, 5.41) is 4.16. The zero-order chi connectivity index (χ0) is 23.4. The number of para-hydroxylation sites is 2.